The first-order valence-electron chi connectivity index (χ1n) is 19.5. The van der Waals surface area contributed by atoms with E-state index in [1.807, 2.05) is 0 Å². The molecule has 0 fully saturated rings. The Morgan fingerprint density at radius 3 is 2.48 bits per heavy atom. The van der Waals surface area contributed by atoms with Crippen molar-refractivity contribution in [1.82, 2.24) is 15.3 Å². The molecule has 0 aliphatic heterocycles. The maximum absolute atomic E-state index is 14.1. The van der Waals surface area contributed by atoms with Gasteiger partial charge in [-0.15, -0.1) is 0 Å². The normalized spacial score (nSPS) is 11.7. The third kappa shape index (κ3) is 9.43. The summed E-state index contributed by atoms with van der Waals surface area (Å²) in [5, 5.41) is 31.0. The van der Waals surface area contributed by atoms with Crippen LogP contribution in [-0.2, 0) is 9.84 Å². The molecule has 5 aromatic carbocycles. The monoisotopic (exact) mass is 850 g/mol. The molecule has 8 N–H and O–H groups in total. The highest BCUT2D eigenvalue weighted by atomic mass is 32.2. The van der Waals surface area contributed by atoms with Gasteiger partial charge in [0.15, 0.2) is 0 Å². The lowest BCUT2D eigenvalue weighted by molar-refractivity contribution is 0.0998. The number of hydrogen-bond donors (Lipinski definition) is 7. The summed E-state index contributed by atoms with van der Waals surface area (Å²) in [7, 11) is -2.65. The Labute approximate surface area is 356 Å². The van der Waals surface area contributed by atoms with Crippen LogP contribution in [0.5, 0.6) is 11.5 Å². The number of nitrogens with one attached hydrogen (secondary N) is 4. The summed E-state index contributed by atoms with van der Waals surface area (Å²) < 4.78 is 33.6. The molecule has 7 rings (SSSR count). The molecule has 0 aliphatic rings. The second-order valence-electron chi connectivity index (χ2n) is 14.4. The number of anilines is 3. The van der Waals surface area contributed by atoms with Gasteiger partial charge in [0.1, 0.15) is 11.5 Å². The van der Waals surface area contributed by atoms with Gasteiger partial charge >= 0.3 is 0 Å². The zero-order valence-electron chi connectivity index (χ0n) is 33.7. The van der Waals surface area contributed by atoms with E-state index >= 15 is 0 Å². The van der Waals surface area contributed by atoms with Crippen LogP contribution in [0.25, 0.3) is 21.8 Å². The molecule has 0 unspecified atom stereocenters. The van der Waals surface area contributed by atoms with Crippen molar-refractivity contribution in [2.75, 3.05) is 30.8 Å². The molecular weight excluding hydrogens is 809 g/mol. The lowest BCUT2D eigenvalue weighted by Crippen LogP contribution is -2.22. The summed E-state index contributed by atoms with van der Waals surface area (Å²) in [6.45, 7) is 2.59. The maximum Gasteiger partial charge on any atom is 0.255 e. The number of carbonyl (C=O) groups excluding carboxylic acids is 2. The lowest BCUT2D eigenvalue weighted by Gasteiger charge is -2.16. The Kier molecular flexibility index (Phi) is 12.6. The molecule has 0 aliphatic carbocycles. The smallest absolute Gasteiger partial charge is 0.255 e. The van der Waals surface area contributed by atoms with Crippen LogP contribution in [0.1, 0.15) is 56.4 Å². The highest BCUT2D eigenvalue weighted by Gasteiger charge is 2.24. The van der Waals surface area contributed by atoms with Crippen LogP contribution in [0.15, 0.2) is 130 Å². The number of sulfone groups is 1. The quantitative estimate of drug-likeness (QED) is 0.0463. The van der Waals surface area contributed by atoms with Crippen molar-refractivity contribution < 1.29 is 33.0 Å². The number of aromatic nitrogens is 2. The fourth-order valence-electron chi connectivity index (χ4n) is 6.91. The fraction of sp³-hybridized carbons (Fsp3) is 0.149. The van der Waals surface area contributed by atoms with E-state index in [-0.39, 0.29) is 50.0 Å². The molecule has 2 aromatic heterocycles. The van der Waals surface area contributed by atoms with E-state index in [1.54, 1.807) is 67.6 Å². The summed E-state index contributed by atoms with van der Waals surface area (Å²) in [6, 6.07) is 28.6. The first-order valence-corrected chi connectivity index (χ1v) is 20.9. The van der Waals surface area contributed by atoms with E-state index in [0.717, 1.165) is 12.0 Å². The van der Waals surface area contributed by atoms with Gasteiger partial charge in [0.2, 0.25) is 15.4 Å². The van der Waals surface area contributed by atoms with Crippen LogP contribution in [-0.4, -0.2) is 60.6 Å². The van der Waals surface area contributed by atoms with Crippen LogP contribution < -0.4 is 32.0 Å². The number of phenolic OH excluding ortho intramolecular Hbond substituents is 1. The molecule has 14 nitrogen and oxygen atoms in total. The van der Waals surface area contributed by atoms with Gasteiger partial charge in [0.05, 0.1) is 45.3 Å². The molecule has 2 amide bonds. The number of phenols is 1. The Balaban J connectivity index is 0.977. The minimum atomic E-state index is -4.18. The summed E-state index contributed by atoms with van der Waals surface area (Å²) >= 11 is 0. The number of unbranched alkanes of at least 4 members (excludes halogenated alkanes) is 1. The minimum absolute atomic E-state index is 0.0648. The summed E-state index contributed by atoms with van der Waals surface area (Å²) in [5.74, 6) is 5.46. The van der Waals surface area contributed by atoms with Gasteiger partial charge in [-0.25, -0.2) is 8.42 Å². The summed E-state index contributed by atoms with van der Waals surface area (Å²) in [5.41, 5.74) is 9.53. The van der Waals surface area contributed by atoms with Gasteiger partial charge in [-0.1, -0.05) is 30.0 Å². The Morgan fingerprint density at radius 2 is 1.71 bits per heavy atom. The molecule has 7 aromatic rings. The average Bonchev–Trinajstić information content (AvgIpc) is 3.27. The number of aromatic hydroxyl groups is 1. The van der Waals surface area contributed by atoms with Gasteiger partial charge in [0, 0.05) is 64.6 Å². The summed E-state index contributed by atoms with van der Waals surface area (Å²) in [4.78, 5) is 44.4. The van der Waals surface area contributed by atoms with Crippen molar-refractivity contribution in [2.45, 2.75) is 35.7 Å². The highest BCUT2D eigenvalue weighted by Crippen LogP contribution is 2.35. The number of ether oxygens (including phenoxy) is 1. The second-order valence-corrected chi connectivity index (χ2v) is 16.3. The van der Waals surface area contributed by atoms with Gasteiger partial charge in [0.25, 0.3) is 11.8 Å². The van der Waals surface area contributed by atoms with Gasteiger partial charge in [-0.05, 0) is 110 Å². The number of hydrogen-bond acceptors (Lipinski definition) is 11. The third-order valence-electron chi connectivity index (χ3n) is 10.1. The Bertz CT molecular complexity index is 3090. The average molecular weight is 851 g/mol. The SMILES string of the molecule is COc1cccc(Nc2c(C(N)=O)cnc3c(C)cc(S(=O)(=O)c4cccc(C(=O)Nc5ccc(C#CCCCNC[C@H](O)c6ccc(O)c7[nH]c(=O)ccc67)cc5)c4)cc23)c1. The molecule has 0 saturated carbocycles. The van der Waals surface area contributed by atoms with E-state index in [0.29, 0.717) is 57.5 Å². The number of primary amides is 1. The van der Waals surface area contributed by atoms with E-state index < -0.39 is 27.8 Å². The number of H-pyrrole nitrogens is 1. The predicted molar refractivity (Wildman–Crippen MR) is 238 cm³/mol. The van der Waals surface area contributed by atoms with Gasteiger partial charge in [-0.3, -0.25) is 19.4 Å². The van der Waals surface area contributed by atoms with E-state index in [2.05, 4.69) is 37.8 Å². The number of aliphatic hydroxyl groups is 1. The standard InChI is InChI=1S/C47H42N6O8S/c1-28-22-35(25-38-43(28)50-26-39(46(48)57)44(38)51-32-10-7-11-33(24-32)61-2)62(59,60)34-12-6-9-30(23-34)47(58)52-31-15-13-29(14-16-31)8-4-3-5-21-49-27-41(55)36-17-19-40(54)45-37(36)18-20-42(56)53-45/h6-7,9-20,22-26,41,49,54-55H,3,5,21,27H2,1-2H3,(H2,48,57)(H,50,51)(H,52,58)(H,53,56)/t41-/m0/s1. The maximum atomic E-state index is 14.1. The van der Waals surface area contributed by atoms with Crippen LogP contribution in [0.2, 0.25) is 0 Å². The number of rotatable bonds is 14. The van der Waals surface area contributed by atoms with Crippen molar-refractivity contribution in [1.29, 1.82) is 0 Å². The number of aliphatic hydroxyl groups excluding tert-OH is 1. The number of nitrogens with two attached hydrogens (primary N) is 1. The molecule has 0 bridgehead atoms. The molecule has 15 heteroatoms. The molecule has 314 valence electrons. The van der Waals surface area contributed by atoms with Crippen LogP contribution in [0.3, 0.4) is 0 Å². The van der Waals surface area contributed by atoms with Crippen molar-refractivity contribution in [3.05, 3.63) is 154 Å². The molecule has 62 heavy (non-hydrogen) atoms. The summed E-state index contributed by atoms with van der Waals surface area (Å²) in [6.07, 6.45) is 1.82. The van der Waals surface area contributed by atoms with Crippen LogP contribution >= 0.6 is 0 Å². The van der Waals surface area contributed by atoms with Gasteiger partial charge < -0.3 is 41.6 Å². The van der Waals surface area contributed by atoms with Crippen molar-refractivity contribution >= 4 is 60.5 Å². The number of pyridine rings is 2. The Hall–Kier alpha value is -7.51. The van der Waals surface area contributed by atoms with E-state index in [4.69, 9.17) is 10.5 Å². The van der Waals surface area contributed by atoms with E-state index in [1.165, 1.54) is 61.8 Å². The first kappa shape index (κ1) is 42.6. The van der Waals surface area contributed by atoms with Crippen molar-refractivity contribution in [3.63, 3.8) is 0 Å². The topological polar surface area (TPSA) is 226 Å². The molecular formula is C47H42N6O8S. The number of aryl methyl sites for hydroxylation is 1. The fourth-order valence-corrected chi connectivity index (χ4v) is 8.33. The van der Waals surface area contributed by atoms with Crippen molar-refractivity contribution in [2.24, 2.45) is 5.73 Å². The molecule has 0 saturated heterocycles. The third-order valence-corrected chi connectivity index (χ3v) is 11.8. The zero-order valence-corrected chi connectivity index (χ0v) is 34.5. The zero-order chi connectivity index (χ0) is 44.0. The number of aromatic amines is 1. The molecule has 1 atom stereocenters. The highest BCUT2D eigenvalue weighted by molar-refractivity contribution is 7.91. The number of methoxy groups -OCH3 is 1. The number of amides is 2. The second kappa shape index (κ2) is 18.4. The molecule has 2 heterocycles. The van der Waals surface area contributed by atoms with Crippen LogP contribution in [0, 0.1) is 18.8 Å². The van der Waals surface area contributed by atoms with Crippen molar-refractivity contribution in [3.8, 4) is 23.3 Å². The largest absolute Gasteiger partial charge is 0.506 e. The predicted octanol–water partition coefficient (Wildman–Crippen LogP) is 6.48. The Morgan fingerprint density at radius 1 is 0.919 bits per heavy atom. The van der Waals surface area contributed by atoms with Crippen LogP contribution in [0.4, 0.5) is 17.1 Å². The first-order chi connectivity index (χ1) is 29.8. The molecule has 0 radical (unpaired) electrons. The lowest BCUT2D eigenvalue weighted by atomic mass is 10.0. The minimum Gasteiger partial charge on any atom is -0.506 e. The number of nitrogens with zero attached hydrogens (tertiary/aromatic N) is 1. The van der Waals surface area contributed by atoms with E-state index in [9.17, 15) is 33.0 Å². The molecule has 0 spiro atoms. The number of benzene rings is 5. The van der Waals surface area contributed by atoms with Gasteiger partial charge in [-0.2, -0.15) is 0 Å². The number of fused-ring (bicyclic) bond motifs is 2. The number of carbonyl (C=O) groups is 2.